The Balaban J connectivity index is 0.000000187. The number of alkyl halides is 7. The molecule has 2 heterocycles. The SMILES string of the molecule is BrCc1ccccc1.O=c1cc(C(F)(F)F)oc2c(I)c(O)ccc12.O=c1cc(C(F)(F)F)oc2c(I)c(OCc3ccccc3)ccc12. The van der Waals surface area contributed by atoms with Crippen LogP contribution < -0.4 is 15.6 Å². The molecule has 0 amide bonds. The molecule has 0 spiro atoms. The highest BCUT2D eigenvalue weighted by Crippen LogP contribution is 2.35. The zero-order chi connectivity index (χ0) is 35.9. The summed E-state index contributed by atoms with van der Waals surface area (Å²) in [6.07, 6.45) is -9.46. The highest BCUT2D eigenvalue weighted by atomic mass is 127. The molecular formula is C34H21BrF6I2O6. The fourth-order valence-electron chi connectivity index (χ4n) is 4.04. The lowest BCUT2D eigenvalue weighted by Gasteiger charge is -2.11. The van der Waals surface area contributed by atoms with Gasteiger partial charge in [-0.2, -0.15) is 26.3 Å². The van der Waals surface area contributed by atoms with Gasteiger partial charge in [0.25, 0.3) is 0 Å². The molecule has 0 bridgehead atoms. The van der Waals surface area contributed by atoms with Gasteiger partial charge in [0.1, 0.15) is 18.1 Å². The molecule has 0 radical (unpaired) electrons. The van der Waals surface area contributed by atoms with E-state index >= 15 is 0 Å². The summed E-state index contributed by atoms with van der Waals surface area (Å²) in [5, 5.41) is 10.4. The molecule has 0 atom stereocenters. The highest BCUT2D eigenvalue weighted by molar-refractivity contribution is 14.1. The second-order valence-corrected chi connectivity index (χ2v) is 12.6. The fraction of sp³-hybridized carbons (Fsp3) is 0.118. The molecule has 0 aliphatic heterocycles. The molecule has 256 valence electrons. The van der Waals surface area contributed by atoms with Crippen molar-refractivity contribution in [2.45, 2.75) is 24.3 Å². The molecule has 4 aromatic carbocycles. The van der Waals surface area contributed by atoms with Crippen LogP contribution in [0.15, 0.2) is 115 Å². The molecule has 0 saturated carbocycles. The van der Waals surface area contributed by atoms with Gasteiger partial charge >= 0.3 is 12.4 Å². The van der Waals surface area contributed by atoms with Crippen molar-refractivity contribution in [1.29, 1.82) is 0 Å². The fourth-order valence-corrected chi connectivity index (χ4v) is 5.73. The molecule has 6 aromatic rings. The molecule has 0 aliphatic carbocycles. The predicted molar refractivity (Wildman–Crippen MR) is 192 cm³/mol. The smallest absolute Gasteiger partial charge is 0.449 e. The quantitative estimate of drug-likeness (QED) is 0.108. The van der Waals surface area contributed by atoms with Gasteiger partial charge in [0.2, 0.25) is 11.5 Å². The maximum atomic E-state index is 12.8. The summed E-state index contributed by atoms with van der Waals surface area (Å²) in [4.78, 5) is 23.3. The van der Waals surface area contributed by atoms with Crippen molar-refractivity contribution < 1.29 is 45.0 Å². The summed E-state index contributed by atoms with van der Waals surface area (Å²) in [6, 6.07) is 25.9. The van der Waals surface area contributed by atoms with Gasteiger partial charge in [-0.25, -0.2) is 0 Å². The predicted octanol–water partition coefficient (Wildman–Crippen LogP) is 10.7. The molecule has 0 fully saturated rings. The van der Waals surface area contributed by atoms with Gasteiger partial charge in [0.15, 0.2) is 22.0 Å². The first kappa shape index (κ1) is 38.2. The van der Waals surface area contributed by atoms with Crippen molar-refractivity contribution in [3.8, 4) is 11.5 Å². The van der Waals surface area contributed by atoms with Gasteiger partial charge < -0.3 is 18.7 Å². The van der Waals surface area contributed by atoms with Crippen LogP contribution in [0.25, 0.3) is 21.9 Å². The van der Waals surface area contributed by atoms with Gasteiger partial charge in [-0.05, 0) is 80.6 Å². The number of phenolic OH excluding ortho intramolecular Hbond substituents is 1. The lowest BCUT2D eigenvalue weighted by atomic mass is 10.2. The van der Waals surface area contributed by atoms with Gasteiger partial charge in [-0.1, -0.05) is 76.6 Å². The van der Waals surface area contributed by atoms with E-state index in [9.17, 15) is 41.0 Å². The molecule has 49 heavy (non-hydrogen) atoms. The van der Waals surface area contributed by atoms with Crippen molar-refractivity contribution in [2.75, 3.05) is 0 Å². The van der Waals surface area contributed by atoms with Gasteiger partial charge in [-0.15, -0.1) is 0 Å². The number of rotatable bonds is 4. The number of halogens is 9. The van der Waals surface area contributed by atoms with Crippen LogP contribution in [0.1, 0.15) is 22.6 Å². The molecule has 6 nitrogen and oxygen atoms in total. The normalized spacial score (nSPS) is 11.4. The van der Waals surface area contributed by atoms with Crippen molar-refractivity contribution in [3.05, 3.63) is 147 Å². The van der Waals surface area contributed by atoms with E-state index in [2.05, 4.69) is 32.5 Å². The van der Waals surface area contributed by atoms with Crippen LogP contribution in [0.5, 0.6) is 11.5 Å². The summed E-state index contributed by atoms with van der Waals surface area (Å²) in [7, 11) is 0. The maximum absolute atomic E-state index is 12.8. The van der Waals surface area contributed by atoms with Crippen molar-refractivity contribution in [2.24, 2.45) is 0 Å². The van der Waals surface area contributed by atoms with E-state index in [4.69, 9.17) is 9.15 Å². The molecular weight excluding hydrogens is 952 g/mol. The molecule has 0 aliphatic rings. The number of hydrogen-bond donors (Lipinski definition) is 1. The minimum atomic E-state index is -4.73. The van der Waals surface area contributed by atoms with Crippen molar-refractivity contribution >= 4 is 83.1 Å². The minimum absolute atomic E-state index is 0.000185. The number of benzene rings is 4. The lowest BCUT2D eigenvalue weighted by molar-refractivity contribution is -0.153. The first-order valence-electron chi connectivity index (χ1n) is 13.7. The Kier molecular flexibility index (Phi) is 12.8. The Labute approximate surface area is 309 Å². The van der Waals surface area contributed by atoms with E-state index in [1.165, 1.54) is 23.8 Å². The second kappa shape index (κ2) is 16.4. The topological polar surface area (TPSA) is 89.9 Å². The largest absolute Gasteiger partial charge is 0.507 e. The Morgan fingerprint density at radius 3 is 1.55 bits per heavy atom. The van der Waals surface area contributed by atoms with E-state index in [1.807, 2.05) is 71.1 Å². The van der Waals surface area contributed by atoms with E-state index < -0.39 is 34.7 Å². The third-order valence-electron chi connectivity index (χ3n) is 6.41. The van der Waals surface area contributed by atoms with E-state index in [1.54, 1.807) is 28.7 Å². The van der Waals surface area contributed by atoms with Crippen LogP contribution >= 0.6 is 61.1 Å². The molecule has 15 heteroatoms. The molecule has 0 unspecified atom stereocenters. The average Bonchev–Trinajstić information content (AvgIpc) is 3.07. The van der Waals surface area contributed by atoms with Crippen LogP contribution in [0.4, 0.5) is 26.3 Å². The Bertz CT molecular complexity index is 2170. The van der Waals surface area contributed by atoms with Crippen molar-refractivity contribution in [1.82, 2.24) is 0 Å². The van der Waals surface area contributed by atoms with Gasteiger partial charge in [0, 0.05) is 17.5 Å². The Morgan fingerprint density at radius 1 is 0.653 bits per heavy atom. The summed E-state index contributed by atoms with van der Waals surface area (Å²) < 4.78 is 91.4. The summed E-state index contributed by atoms with van der Waals surface area (Å²) in [5.74, 6) is -2.58. The standard InChI is InChI=1S/C17H10F3IO3.C10H4F3IO3.C7H7Br/c18-17(19,20)14-8-12(22)11-6-7-13(15(21)16(11)24-14)23-9-10-4-2-1-3-5-10;11-10(12,13)7-3-6(16)4-1-2-5(15)8(14)9(4)17-7;8-6-7-4-2-1-3-5-7/h1-8H,9H2;1-3,15H;1-5H,6H2. The Hall–Kier alpha value is -3.58. The van der Waals surface area contributed by atoms with Crippen LogP contribution in [-0.4, -0.2) is 5.11 Å². The van der Waals surface area contributed by atoms with Crippen LogP contribution in [-0.2, 0) is 24.3 Å². The number of fused-ring (bicyclic) bond motifs is 2. The minimum Gasteiger partial charge on any atom is -0.507 e. The average molecular weight is 973 g/mol. The maximum Gasteiger partial charge on any atom is 0.449 e. The summed E-state index contributed by atoms with van der Waals surface area (Å²) in [6.45, 7) is 0.255. The van der Waals surface area contributed by atoms with E-state index in [-0.39, 0.29) is 37.9 Å². The summed E-state index contributed by atoms with van der Waals surface area (Å²) >= 11 is 6.79. The number of aromatic hydroxyl groups is 1. The third-order valence-corrected chi connectivity index (χ3v) is 9.12. The first-order valence-corrected chi connectivity index (χ1v) is 17.0. The molecule has 0 saturated heterocycles. The Morgan fingerprint density at radius 2 is 1.10 bits per heavy atom. The summed E-state index contributed by atoms with van der Waals surface area (Å²) in [5.41, 5.74) is 0.324. The zero-order valence-electron chi connectivity index (χ0n) is 24.5. The van der Waals surface area contributed by atoms with Gasteiger partial charge in [0.05, 0.1) is 17.9 Å². The second-order valence-electron chi connectivity index (χ2n) is 9.87. The zero-order valence-corrected chi connectivity index (χ0v) is 30.4. The van der Waals surface area contributed by atoms with Crippen LogP contribution in [0, 0.1) is 7.14 Å². The van der Waals surface area contributed by atoms with Gasteiger partial charge in [-0.3, -0.25) is 9.59 Å². The lowest BCUT2D eigenvalue weighted by Crippen LogP contribution is -2.11. The third kappa shape index (κ3) is 10.00. The number of phenols is 1. The van der Waals surface area contributed by atoms with Crippen LogP contribution in [0.3, 0.4) is 0 Å². The van der Waals surface area contributed by atoms with Crippen molar-refractivity contribution in [3.63, 3.8) is 0 Å². The molecule has 6 rings (SSSR count). The first-order chi connectivity index (χ1) is 23.1. The number of ether oxygens (including phenoxy) is 1. The van der Waals surface area contributed by atoms with Crippen LogP contribution in [0.2, 0.25) is 0 Å². The van der Waals surface area contributed by atoms with E-state index in [0.717, 1.165) is 10.9 Å². The van der Waals surface area contributed by atoms with E-state index in [0.29, 0.717) is 21.5 Å². The molecule has 2 aromatic heterocycles. The number of hydrogen-bond acceptors (Lipinski definition) is 6. The molecule has 1 N–H and O–H groups in total. The highest BCUT2D eigenvalue weighted by Gasteiger charge is 2.36. The monoisotopic (exact) mass is 972 g/mol.